The summed E-state index contributed by atoms with van der Waals surface area (Å²) in [6.07, 6.45) is -4.70. The lowest BCUT2D eigenvalue weighted by molar-refractivity contribution is -0.139. The van der Waals surface area contributed by atoms with Crippen molar-refractivity contribution < 1.29 is 26.4 Å². The Hall–Kier alpha value is -1.41. The number of hydrogen-bond donors (Lipinski definition) is 1. The van der Waals surface area contributed by atoms with Gasteiger partial charge in [0.1, 0.15) is 5.78 Å². The van der Waals surface area contributed by atoms with Crippen LogP contribution >= 0.6 is 0 Å². The molecule has 4 nitrogen and oxygen atoms in total. The summed E-state index contributed by atoms with van der Waals surface area (Å²) in [7, 11) is -4.42. The van der Waals surface area contributed by atoms with E-state index in [2.05, 4.69) is 0 Å². The van der Waals surface area contributed by atoms with Gasteiger partial charge in [-0.05, 0) is 19.1 Å². The molecule has 0 saturated carbocycles. The molecule has 0 aliphatic carbocycles. The average Bonchev–Trinajstić information content (AvgIpc) is 2.36. The summed E-state index contributed by atoms with van der Waals surface area (Å²) >= 11 is 0. The minimum absolute atomic E-state index is 0.0879. The van der Waals surface area contributed by atoms with Crippen LogP contribution in [0.5, 0.6) is 0 Å². The SMILES string of the molecule is CCC(=O)C(C)NS(=O)(=O)c1ccccc1C(F)(F)F. The number of ketones is 1. The molecule has 0 amide bonds. The molecule has 0 aliphatic rings. The van der Waals surface area contributed by atoms with E-state index in [0.717, 1.165) is 12.1 Å². The van der Waals surface area contributed by atoms with Crippen LogP contribution in [0.3, 0.4) is 0 Å². The molecule has 1 atom stereocenters. The molecule has 0 fully saturated rings. The summed E-state index contributed by atoms with van der Waals surface area (Å²) in [6.45, 7) is 2.83. The van der Waals surface area contributed by atoms with Crippen molar-refractivity contribution in [1.82, 2.24) is 4.72 Å². The van der Waals surface area contributed by atoms with Crippen molar-refractivity contribution in [3.8, 4) is 0 Å². The fourth-order valence-electron chi connectivity index (χ4n) is 1.60. The first-order valence-electron chi connectivity index (χ1n) is 5.81. The van der Waals surface area contributed by atoms with Gasteiger partial charge < -0.3 is 0 Å². The number of carbonyl (C=O) groups is 1. The number of hydrogen-bond acceptors (Lipinski definition) is 3. The standard InChI is InChI=1S/C12H14F3NO3S/c1-3-10(17)8(2)16-20(18,19)11-7-5-4-6-9(11)12(13,14)15/h4-8,16H,3H2,1-2H3. The topological polar surface area (TPSA) is 63.2 Å². The van der Waals surface area contributed by atoms with Crippen molar-refractivity contribution in [2.75, 3.05) is 0 Å². The first-order valence-corrected chi connectivity index (χ1v) is 7.29. The molecule has 0 radical (unpaired) electrons. The highest BCUT2D eigenvalue weighted by atomic mass is 32.2. The highest BCUT2D eigenvalue weighted by molar-refractivity contribution is 7.89. The Balaban J connectivity index is 3.21. The molecule has 1 aromatic rings. The van der Waals surface area contributed by atoms with Crippen molar-refractivity contribution in [2.24, 2.45) is 0 Å². The molecule has 0 aliphatic heterocycles. The minimum Gasteiger partial charge on any atom is -0.298 e. The highest BCUT2D eigenvalue weighted by Crippen LogP contribution is 2.33. The highest BCUT2D eigenvalue weighted by Gasteiger charge is 2.37. The zero-order chi connectivity index (χ0) is 15.6. The third-order valence-electron chi connectivity index (χ3n) is 2.65. The van der Waals surface area contributed by atoms with Crippen LogP contribution in [0.4, 0.5) is 13.2 Å². The van der Waals surface area contributed by atoms with Crippen LogP contribution in [-0.2, 0) is 21.0 Å². The molecule has 8 heteroatoms. The van der Waals surface area contributed by atoms with Gasteiger partial charge in [0, 0.05) is 6.42 Å². The lowest BCUT2D eigenvalue weighted by Gasteiger charge is -2.16. The molecule has 1 rings (SSSR count). The Morgan fingerprint density at radius 2 is 1.85 bits per heavy atom. The second-order valence-electron chi connectivity index (χ2n) is 4.16. The first-order chi connectivity index (χ1) is 9.09. The number of halogens is 3. The van der Waals surface area contributed by atoms with E-state index in [9.17, 15) is 26.4 Å². The monoisotopic (exact) mass is 309 g/mol. The van der Waals surface area contributed by atoms with Crippen molar-refractivity contribution in [3.63, 3.8) is 0 Å². The Bertz CT molecular complexity index is 596. The van der Waals surface area contributed by atoms with Gasteiger partial charge in [-0.2, -0.15) is 13.2 Å². The number of alkyl halides is 3. The van der Waals surface area contributed by atoms with Gasteiger partial charge >= 0.3 is 6.18 Å². The number of sulfonamides is 1. The summed E-state index contributed by atoms with van der Waals surface area (Å²) in [5, 5.41) is 0. The maximum absolute atomic E-state index is 12.8. The summed E-state index contributed by atoms with van der Waals surface area (Å²) in [4.78, 5) is 10.5. The quantitative estimate of drug-likeness (QED) is 0.908. The molecular weight excluding hydrogens is 295 g/mol. The normalized spacial score (nSPS) is 14.1. The van der Waals surface area contributed by atoms with Crippen LogP contribution in [0.15, 0.2) is 29.2 Å². The predicted molar refractivity (Wildman–Crippen MR) is 66.5 cm³/mol. The van der Waals surface area contributed by atoms with Gasteiger partial charge in [0.25, 0.3) is 0 Å². The van der Waals surface area contributed by atoms with E-state index in [1.165, 1.54) is 19.9 Å². The van der Waals surface area contributed by atoms with Crippen LogP contribution in [-0.4, -0.2) is 20.2 Å². The third kappa shape index (κ3) is 3.80. The van der Waals surface area contributed by atoms with Crippen LogP contribution in [0.2, 0.25) is 0 Å². The van der Waals surface area contributed by atoms with Crippen molar-refractivity contribution >= 4 is 15.8 Å². The maximum atomic E-state index is 12.8. The fourth-order valence-corrected chi connectivity index (χ4v) is 3.06. The van der Waals surface area contributed by atoms with Gasteiger partial charge in [-0.1, -0.05) is 19.1 Å². The van der Waals surface area contributed by atoms with Crippen molar-refractivity contribution in [3.05, 3.63) is 29.8 Å². The van der Waals surface area contributed by atoms with E-state index in [1.54, 1.807) is 0 Å². The Morgan fingerprint density at radius 3 is 2.35 bits per heavy atom. The lowest BCUT2D eigenvalue weighted by atomic mass is 10.2. The Kier molecular flexibility index (Phi) is 4.93. The lowest BCUT2D eigenvalue weighted by Crippen LogP contribution is -2.38. The van der Waals surface area contributed by atoms with Crippen LogP contribution < -0.4 is 4.72 Å². The fraction of sp³-hybridized carbons (Fsp3) is 0.417. The molecule has 20 heavy (non-hydrogen) atoms. The largest absolute Gasteiger partial charge is 0.417 e. The van der Waals surface area contributed by atoms with Gasteiger partial charge in [-0.15, -0.1) is 0 Å². The molecular formula is C12H14F3NO3S. The van der Waals surface area contributed by atoms with Crippen LogP contribution in [0, 0.1) is 0 Å². The van der Waals surface area contributed by atoms with E-state index in [1.807, 2.05) is 4.72 Å². The molecule has 1 aromatic carbocycles. The zero-order valence-electron chi connectivity index (χ0n) is 10.9. The van der Waals surface area contributed by atoms with Gasteiger partial charge in [0.15, 0.2) is 0 Å². The molecule has 0 spiro atoms. The number of rotatable bonds is 5. The van der Waals surface area contributed by atoms with E-state index in [-0.39, 0.29) is 6.42 Å². The number of Topliss-reactive ketones (excluding diaryl/α,β-unsaturated/α-hetero) is 1. The summed E-state index contributed by atoms with van der Waals surface area (Å²) in [5.74, 6) is -0.405. The zero-order valence-corrected chi connectivity index (χ0v) is 11.7. The van der Waals surface area contributed by atoms with E-state index in [4.69, 9.17) is 0 Å². The van der Waals surface area contributed by atoms with Crippen LogP contribution in [0.1, 0.15) is 25.8 Å². The molecule has 0 heterocycles. The smallest absolute Gasteiger partial charge is 0.298 e. The van der Waals surface area contributed by atoms with Gasteiger partial charge in [0.2, 0.25) is 10.0 Å². The van der Waals surface area contributed by atoms with E-state index >= 15 is 0 Å². The predicted octanol–water partition coefficient (Wildman–Crippen LogP) is 2.35. The average molecular weight is 309 g/mol. The third-order valence-corrected chi connectivity index (χ3v) is 4.24. The molecule has 1 N–H and O–H groups in total. The summed E-state index contributed by atoms with van der Waals surface area (Å²) in [6, 6.07) is 2.75. The summed E-state index contributed by atoms with van der Waals surface area (Å²) in [5.41, 5.74) is -1.26. The first kappa shape index (κ1) is 16.6. The Labute approximate surface area is 115 Å². The number of benzene rings is 1. The van der Waals surface area contributed by atoms with Gasteiger partial charge in [-0.25, -0.2) is 13.1 Å². The molecule has 112 valence electrons. The van der Waals surface area contributed by atoms with E-state index in [0.29, 0.717) is 6.07 Å². The van der Waals surface area contributed by atoms with Crippen LogP contribution in [0.25, 0.3) is 0 Å². The second kappa shape index (κ2) is 5.92. The minimum atomic E-state index is -4.79. The molecule has 0 aromatic heterocycles. The molecule has 1 unspecified atom stereocenters. The molecule has 0 saturated heterocycles. The van der Waals surface area contributed by atoms with Crippen molar-refractivity contribution in [1.29, 1.82) is 0 Å². The summed E-state index contributed by atoms with van der Waals surface area (Å²) < 4.78 is 64.2. The second-order valence-corrected chi connectivity index (χ2v) is 5.84. The number of nitrogens with one attached hydrogen (secondary N) is 1. The van der Waals surface area contributed by atoms with Crippen molar-refractivity contribution in [2.45, 2.75) is 37.4 Å². The molecule has 0 bridgehead atoms. The van der Waals surface area contributed by atoms with E-state index < -0.39 is 38.5 Å². The number of carbonyl (C=O) groups excluding carboxylic acids is 1. The van der Waals surface area contributed by atoms with Gasteiger partial charge in [-0.3, -0.25) is 4.79 Å². The van der Waals surface area contributed by atoms with Gasteiger partial charge in [0.05, 0.1) is 16.5 Å². The Morgan fingerprint density at radius 1 is 1.30 bits per heavy atom. The maximum Gasteiger partial charge on any atom is 0.417 e.